The molecule has 0 aliphatic carbocycles. The molecular formula is C3H6INY-2. The summed E-state index contributed by atoms with van der Waals surface area (Å²) < 4.78 is 1.98. The minimum atomic E-state index is 0. The van der Waals surface area contributed by atoms with Crippen LogP contribution in [0.1, 0.15) is 0 Å². The standard InChI is InChI=1S/C3H6IN.Y/c1-5-3-2-4;/h2,5H,1,3H2;/q-2;. The summed E-state index contributed by atoms with van der Waals surface area (Å²) in [5.41, 5.74) is 0. The summed E-state index contributed by atoms with van der Waals surface area (Å²) in [5.74, 6) is 0. The SMILES string of the molecule is [CH2-]NC[CH-]I.[Y]. The van der Waals surface area contributed by atoms with Gasteiger partial charge in [-0.25, -0.2) is 0 Å². The molecule has 0 saturated heterocycles. The van der Waals surface area contributed by atoms with Crippen molar-refractivity contribution in [1.29, 1.82) is 0 Å². The van der Waals surface area contributed by atoms with Crippen LogP contribution in [-0.4, -0.2) is 6.54 Å². The van der Waals surface area contributed by atoms with Crippen molar-refractivity contribution in [3.63, 3.8) is 0 Å². The first-order valence-electron chi connectivity index (χ1n) is 1.33. The molecule has 0 aliphatic heterocycles. The Morgan fingerprint density at radius 3 is 2.33 bits per heavy atom. The van der Waals surface area contributed by atoms with E-state index in [1.807, 2.05) is 4.43 Å². The third-order valence-electron chi connectivity index (χ3n) is 0.221. The second-order valence-corrected chi connectivity index (χ2v) is 1.49. The first-order chi connectivity index (χ1) is 2.41. The molecule has 3 heteroatoms. The second kappa shape index (κ2) is 9.92. The quantitative estimate of drug-likeness (QED) is 0.583. The Bertz CT molecular complexity index is 18.3. The fraction of sp³-hybridized carbons (Fsp3) is 0.333. The monoisotopic (exact) mass is 272 g/mol. The molecule has 1 radical (unpaired) electrons. The predicted octanol–water partition coefficient (Wildman–Crippen LogP) is 0.962. The van der Waals surface area contributed by atoms with Gasteiger partial charge in [-0.2, -0.15) is 6.54 Å². The van der Waals surface area contributed by atoms with Gasteiger partial charge in [-0.05, 0) is 0 Å². The van der Waals surface area contributed by atoms with Crippen molar-refractivity contribution in [1.82, 2.24) is 5.32 Å². The van der Waals surface area contributed by atoms with Crippen LogP contribution in [-0.2, 0) is 32.7 Å². The molecule has 35 valence electrons. The molecule has 0 saturated carbocycles. The Kier molecular flexibility index (Phi) is 17.7. The van der Waals surface area contributed by atoms with E-state index in [9.17, 15) is 0 Å². The molecule has 0 unspecified atom stereocenters. The van der Waals surface area contributed by atoms with Gasteiger partial charge in [-0.1, -0.05) is 0 Å². The van der Waals surface area contributed by atoms with Crippen molar-refractivity contribution in [2.45, 2.75) is 0 Å². The average molecular weight is 272 g/mol. The van der Waals surface area contributed by atoms with E-state index >= 15 is 0 Å². The Hall–Kier alpha value is 1.79. The van der Waals surface area contributed by atoms with Gasteiger partial charge in [-0.15, -0.1) is 0 Å². The maximum atomic E-state index is 3.39. The van der Waals surface area contributed by atoms with E-state index in [0.29, 0.717) is 0 Å². The molecule has 1 N–H and O–H groups in total. The van der Waals surface area contributed by atoms with Crippen molar-refractivity contribution in [2.24, 2.45) is 0 Å². The summed E-state index contributed by atoms with van der Waals surface area (Å²) in [5, 5.41) is 2.70. The first-order valence-corrected chi connectivity index (χ1v) is 2.58. The van der Waals surface area contributed by atoms with Crippen LogP contribution in [0.5, 0.6) is 0 Å². The third-order valence-corrected chi connectivity index (χ3v) is 0.662. The minimum absolute atomic E-state index is 0. The molecule has 0 rings (SSSR count). The van der Waals surface area contributed by atoms with E-state index in [4.69, 9.17) is 0 Å². The van der Waals surface area contributed by atoms with Gasteiger partial charge in [0.2, 0.25) is 0 Å². The number of rotatable bonds is 2. The molecule has 6 heavy (non-hydrogen) atoms. The number of nitrogens with one attached hydrogen (secondary N) is 1. The topological polar surface area (TPSA) is 12.0 Å². The van der Waals surface area contributed by atoms with Gasteiger partial charge in [0.25, 0.3) is 0 Å². The van der Waals surface area contributed by atoms with E-state index in [1.54, 1.807) is 0 Å². The smallest absolute Gasteiger partial charge is 0 e. The Balaban J connectivity index is 0. The third kappa shape index (κ3) is 9.25. The molecule has 0 atom stereocenters. The summed E-state index contributed by atoms with van der Waals surface area (Å²) in [6.45, 7) is 0.889. The van der Waals surface area contributed by atoms with Crippen LogP contribution in [0.25, 0.3) is 0 Å². The summed E-state index contributed by atoms with van der Waals surface area (Å²) in [7, 11) is 3.39. The summed E-state index contributed by atoms with van der Waals surface area (Å²) in [6.07, 6.45) is 0. The van der Waals surface area contributed by atoms with E-state index in [0.717, 1.165) is 6.54 Å². The van der Waals surface area contributed by atoms with Crippen LogP contribution in [0.3, 0.4) is 0 Å². The van der Waals surface area contributed by atoms with E-state index < -0.39 is 0 Å². The fourth-order valence-corrected chi connectivity index (χ4v) is 0.366. The maximum Gasteiger partial charge on any atom is 0 e. The van der Waals surface area contributed by atoms with Gasteiger partial charge in [0.15, 0.2) is 0 Å². The number of hydrogen-bond donors (Lipinski definition) is 1. The van der Waals surface area contributed by atoms with Crippen LogP contribution >= 0.6 is 22.6 Å². The number of halogens is 1. The molecule has 0 amide bonds. The Morgan fingerprint density at radius 2 is 2.33 bits per heavy atom. The normalized spacial score (nSPS) is 7.00. The molecule has 0 aromatic rings. The molecule has 0 aliphatic rings. The molecule has 0 spiro atoms. The van der Waals surface area contributed by atoms with E-state index in [1.165, 1.54) is 0 Å². The maximum absolute atomic E-state index is 3.39. The molecule has 0 heterocycles. The number of hydrogen-bond acceptors (Lipinski definition) is 1. The zero-order valence-corrected chi connectivity index (χ0v) is 8.44. The molecule has 0 aromatic heterocycles. The zero-order valence-electron chi connectivity index (χ0n) is 3.45. The van der Waals surface area contributed by atoms with Gasteiger partial charge in [0.05, 0.1) is 0 Å². The van der Waals surface area contributed by atoms with Crippen molar-refractivity contribution in [3.8, 4) is 0 Å². The molecule has 0 aromatic carbocycles. The van der Waals surface area contributed by atoms with E-state index in [2.05, 4.69) is 35.0 Å². The Morgan fingerprint density at radius 1 is 1.83 bits per heavy atom. The molecule has 1 nitrogen and oxygen atoms in total. The van der Waals surface area contributed by atoms with Gasteiger partial charge in [0, 0.05) is 32.7 Å². The van der Waals surface area contributed by atoms with E-state index in [-0.39, 0.29) is 32.7 Å². The van der Waals surface area contributed by atoms with Gasteiger partial charge in [-0.3, -0.25) is 11.5 Å². The fourth-order valence-electron chi connectivity index (χ4n) is 0.0546. The molecular weight excluding hydrogens is 266 g/mol. The van der Waals surface area contributed by atoms with Crippen LogP contribution < -0.4 is 5.32 Å². The van der Waals surface area contributed by atoms with Crippen LogP contribution in [0.4, 0.5) is 0 Å². The minimum Gasteiger partial charge on any atom is -0.497 e. The largest absolute Gasteiger partial charge is 0.497 e. The average Bonchev–Trinajstić information content (AvgIpc) is 1.41. The van der Waals surface area contributed by atoms with Crippen molar-refractivity contribution in [2.75, 3.05) is 6.54 Å². The van der Waals surface area contributed by atoms with Crippen molar-refractivity contribution < 1.29 is 32.7 Å². The van der Waals surface area contributed by atoms with Crippen molar-refractivity contribution in [3.05, 3.63) is 11.5 Å². The summed E-state index contributed by atoms with van der Waals surface area (Å²) in [6, 6.07) is 0. The van der Waals surface area contributed by atoms with Gasteiger partial charge < -0.3 is 27.9 Å². The molecule has 0 fully saturated rings. The van der Waals surface area contributed by atoms with Crippen LogP contribution in [0, 0.1) is 11.5 Å². The summed E-state index contributed by atoms with van der Waals surface area (Å²) >= 11 is 2.16. The predicted molar refractivity (Wildman–Crippen MR) is 31.7 cm³/mol. The molecule has 0 bridgehead atoms. The van der Waals surface area contributed by atoms with Crippen LogP contribution in [0.2, 0.25) is 0 Å². The van der Waals surface area contributed by atoms with Crippen LogP contribution in [0.15, 0.2) is 0 Å². The van der Waals surface area contributed by atoms with Gasteiger partial charge >= 0.3 is 0 Å². The zero-order chi connectivity index (χ0) is 4.12. The van der Waals surface area contributed by atoms with Crippen molar-refractivity contribution >= 4 is 22.6 Å². The Labute approximate surface area is 77.7 Å². The van der Waals surface area contributed by atoms with Gasteiger partial charge in [0.1, 0.15) is 0 Å². The second-order valence-electron chi connectivity index (χ2n) is 0.608. The first kappa shape index (κ1) is 10.7. The summed E-state index contributed by atoms with van der Waals surface area (Å²) in [4.78, 5) is 0.